The van der Waals surface area contributed by atoms with E-state index in [2.05, 4.69) is 0 Å². The van der Waals surface area contributed by atoms with Gasteiger partial charge in [-0.25, -0.2) is 4.79 Å². The SMILES string of the molecule is CCOC(=O)C(=CN(C)C)C(=O)c1cn(OC)c2c(Cl)cccc12. The van der Waals surface area contributed by atoms with Crippen molar-refractivity contribution in [3.8, 4) is 0 Å². The van der Waals surface area contributed by atoms with E-state index in [9.17, 15) is 9.59 Å². The van der Waals surface area contributed by atoms with Crippen LogP contribution in [-0.4, -0.2) is 49.2 Å². The minimum atomic E-state index is -0.670. The number of hydrogen-bond donors (Lipinski definition) is 0. The summed E-state index contributed by atoms with van der Waals surface area (Å²) in [4.78, 5) is 32.0. The van der Waals surface area contributed by atoms with Crippen LogP contribution in [0.3, 0.4) is 0 Å². The molecule has 0 aliphatic heterocycles. The molecule has 0 radical (unpaired) electrons. The molecular formula is C17H19ClN2O4. The van der Waals surface area contributed by atoms with Crippen LogP contribution in [0.2, 0.25) is 5.02 Å². The molecule has 1 aromatic heterocycles. The first kappa shape index (κ1) is 17.9. The van der Waals surface area contributed by atoms with E-state index in [0.29, 0.717) is 21.5 Å². The van der Waals surface area contributed by atoms with E-state index < -0.39 is 11.8 Å². The summed E-state index contributed by atoms with van der Waals surface area (Å²) < 4.78 is 6.40. The van der Waals surface area contributed by atoms with Crippen LogP contribution in [0.15, 0.2) is 36.2 Å². The summed E-state index contributed by atoms with van der Waals surface area (Å²) in [6.07, 6.45) is 2.96. The van der Waals surface area contributed by atoms with Crippen molar-refractivity contribution in [1.29, 1.82) is 0 Å². The highest BCUT2D eigenvalue weighted by Crippen LogP contribution is 2.29. The van der Waals surface area contributed by atoms with Gasteiger partial charge in [0.1, 0.15) is 18.2 Å². The molecule has 6 nitrogen and oxygen atoms in total. The molecule has 0 aliphatic rings. The van der Waals surface area contributed by atoms with Gasteiger partial charge in [0.05, 0.1) is 23.4 Å². The maximum absolute atomic E-state index is 12.9. The van der Waals surface area contributed by atoms with E-state index in [4.69, 9.17) is 21.2 Å². The van der Waals surface area contributed by atoms with Crippen LogP contribution in [0.1, 0.15) is 17.3 Å². The fourth-order valence-electron chi connectivity index (χ4n) is 2.35. The van der Waals surface area contributed by atoms with Crippen molar-refractivity contribution >= 4 is 34.3 Å². The number of esters is 1. The molecule has 0 atom stereocenters. The zero-order chi connectivity index (χ0) is 17.9. The minimum absolute atomic E-state index is 0.0584. The summed E-state index contributed by atoms with van der Waals surface area (Å²) in [5, 5.41) is 1.05. The third-order valence-electron chi connectivity index (χ3n) is 3.31. The van der Waals surface area contributed by atoms with Gasteiger partial charge in [-0.15, -0.1) is 0 Å². The molecule has 2 rings (SSSR count). The number of para-hydroxylation sites is 1. The van der Waals surface area contributed by atoms with E-state index in [1.54, 1.807) is 44.1 Å². The zero-order valence-electron chi connectivity index (χ0n) is 14.0. The van der Waals surface area contributed by atoms with Crippen molar-refractivity contribution < 1.29 is 19.2 Å². The molecule has 0 amide bonds. The summed E-state index contributed by atoms with van der Waals surface area (Å²) in [5.41, 5.74) is 0.825. The van der Waals surface area contributed by atoms with Crippen LogP contribution in [0.5, 0.6) is 0 Å². The Labute approximate surface area is 145 Å². The molecule has 7 heteroatoms. The lowest BCUT2D eigenvalue weighted by Gasteiger charge is -2.10. The van der Waals surface area contributed by atoms with Crippen LogP contribution < -0.4 is 4.84 Å². The number of aromatic nitrogens is 1. The van der Waals surface area contributed by atoms with E-state index in [0.717, 1.165) is 0 Å². The van der Waals surface area contributed by atoms with Crippen molar-refractivity contribution in [3.63, 3.8) is 0 Å². The number of fused-ring (bicyclic) bond motifs is 1. The number of carbonyl (C=O) groups excluding carboxylic acids is 2. The number of nitrogens with zero attached hydrogens (tertiary/aromatic N) is 2. The van der Waals surface area contributed by atoms with Crippen molar-refractivity contribution in [2.24, 2.45) is 0 Å². The number of benzene rings is 1. The maximum Gasteiger partial charge on any atom is 0.343 e. The predicted molar refractivity (Wildman–Crippen MR) is 92.2 cm³/mol. The standard InChI is InChI=1S/C17H19ClN2O4/c1-5-24-17(22)13(9-19(2)3)16(21)12-10-20(23-4)15-11(12)7-6-8-14(15)18/h6-10H,5H2,1-4H3. The second-order valence-corrected chi connectivity index (χ2v) is 5.65. The highest BCUT2D eigenvalue weighted by molar-refractivity contribution is 6.36. The molecule has 0 fully saturated rings. The lowest BCUT2D eigenvalue weighted by atomic mass is 10.0. The molecule has 0 spiro atoms. The Balaban J connectivity index is 2.61. The third-order valence-corrected chi connectivity index (χ3v) is 3.62. The van der Waals surface area contributed by atoms with Gasteiger partial charge in [-0.05, 0) is 13.0 Å². The molecule has 1 heterocycles. The van der Waals surface area contributed by atoms with Gasteiger partial charge in [-0.2, -0.15) is 4.73 Å². The van der Waals surface area contributed by atoms with Gasteiger partial charge in [-0.1, -0.05) is 23.7 Å². The van der Waals surface area contributed by atoms with Gasteiger partial charge in [0.25, 0.3) is 0 Å². The first-order chi connectivity index (χ1) is 11.4. The molecule has 0 saturated carbocycles. The number of ketones is 1. The normalized spacial score (nSPS) is 11.5. The predicted octanol–water partition coefficient (Wildman–Crippen LogP) is 2.54. The van der Waals surface area contributed by atoms with Gasteiger partial charge < -0.3 is 14.5 Å². The Morgan fingerprint density at radius 1 is 1.33 bits per heavy atom. The van der Waals surface area contributed by atoms with Gasteiger partial charge in [-0.3, -0.25) is 4.79 Å². The van der Waals surface area contributed by atoms with Gasteiger partial charge in [0, 0.05) is 25.7 Å². The zero-order valence-corrected chi connectivity index (χ0v) is 14.8. The van der Waals surface area contributed by atoms with E-state index >= 15 is 0 Å². The molecule has 2 aromatic rings. The Morgan fingerprint density at radius 3 is 2.62 bits per heavy atom. The number of carbonyl (C=O) groups is 2. The molecular weight excluding hydrogens is 332 g/mol. The summed E-state index contributed by atoms with van der Waals surface area (Å²) in [5.74, 6) is -1.12. The van der Waals surface area contributed by atoms with Crippen LogP contribution in [0, 0.1) is 0 Å². The summed E-state index contributed by atoms with van der Waals surface area (Å²) in [7, 11) is 4.92. The quantitative estimate of drug-likeness (QED) is 0.263. The Kier molecular flexibility index (Phi) is 5.51. The lowest BCUT2D eigenvalue weighted by molar-refractivity contribution is -0.138. The Bertz CT molecular complexity index is 808. The number of halogens is 1. The molecule has 128 valence electrons. The first-order valence-corrected chi connectivity index (χ1v) is 7.72. The highest BCUT2D eigenvalue weighted by Gasteiger charge is 2.26. The fourth-order valence-corrected chi connectivity index (χ4v) is 2.61. The average Bonchev–Trinajstić information content (AvgIpc) is 2.92. The topological polar surface area (TPSA) is 60.8 Å². The molecule has 0 aliphatic carbocycles. The van der Waals surface area contributed by atoms with E-state index in [1.165, 1.54) is 24.2 Å². The lowest BCUT2D eigenvalue weighted by Crippen LogP contribution is -2.19. The largest absolute Gasteiger partial charge is 0.462 e. The smallest absolute Gasteiger partial charge is 0.343 e. The number of Topliss-reactive ketones (excluding diaryl/α,β-unsaturated/α-hetero) is 1. The molecule has 0 saturated heterocycles. The van der Waals surface area contributed by atoms with Gasteiger partial charge in [0.15, 0.2) is 0 Å². The summed E-state index contributed by atoms with van der Waals surface area (Å²) in [6.45, 7) is 1.87. The number of ether oxygens (including phenoxy) is 1. The Hall–Kier alpha value is -2.47. The van der Waals surface area contributed by atoms with Gasteiger partial charge in [0.2, 0.25) is 5.78 Å². The summed E-state index contributed by atoms with van der Waals surface area (Å²) >= 11 is 6.21. The van der Waals surface area contributed by atoms with E-state index in [-0.39, 0.29) is 12.2 Å². The van der Waals surface area contributed by atoms with Crippen molar-refractivity contribution in [2.45, 2.75) is 6.92 Å². The minimum Gasteiger partial charge on any atom is -0.462 e. The second kappa shape index (κ2) is 7.40. The van der Waals surface area contributed by atoms with Crippen LogP contribution in [0.4, 0.5) is 0 Å². The van der Waals surface area contributed by atoms with E-state index in [1.807, 2.05) is 0 Å². The molecule has 0 bridgehead atoms. The van der Waals surface area contributed by atoms with Crippen molar-refractivity contribution in [3.05, 3.63) is 46.8 Å². The Morgan fingerprint density at radius 2 is 2.04 bits per heavy atom. The molecule has 24 heavy (non-hydrogen) atoms. The first-order valence-electron chi connectivity index (χ1n) is 7.34. The second-order valence-electron chi connectivity index (χ2n) is 5.24. The van der Waals surface area contributed by atoms with Crippen molar-refractivity contribution in [2.75, 3.05) is 27.8 Å². The molecule has 0 unspecified atom stereocenters. The fraction of sp³-hybridized carbons (Fsp3) is 0.294. The number of rotatable bonds is 6. The van der Waals surface area contributed by atoms with Crippen LogP contribution >= 0.6 is 11.6 Å². The summed E-state index contributed by atoms with van der Waals surface area (Å²) in [6, 6.07) is 5.19. The third kappa shape index (κ3) is 3.38. The maximum atomic E-state index is 12.9. The highest BCUT2D eigenvalue weighted by atomic mass is 35.5. The molecule has 1 aromatic carbocycles. The van der Waals surface area contributed by atoms with Crippen LogP contribution in [0.25, 0.3) is 10.9 Å². The average molecular weight is 351 g/mol. The van der Waals surface area contributed by atoms with Gasteiger partial charge >= 0.3 is 5.97 Å². The molecule has 0 N–H and O–H groups in total. The number of hydrogen-bond acceptors (Lipinski definition) is 5. The monoisotopic (exact) mass is 350 g/mol. The van der Waals surface area contributed by atoms with Crippen LogP contribution in [-0.2, 0) is 9.53 Å². The van der Waals surface area contributed by atoms with Crippen molar-refractivity contribution in [1.82, 2.24) is 9.63 Å².